The Labute approximate surface area is 197 Å². The number of aromatic nitrogens is 4. The molecular weight excluding hydrogens is 457 g/mol. The Morgan fingerprint density at radius 3 is 2.34 bits per heavy atom. The van der Waals surface area contributed by atoms with Crippen molar-refractivity contribution in [2.45, 2.75) is 6.18 Å². The van der Waals surface area contributed by atoms with Gasteiger partial charge in [0.05, 0.1) is 11.3 Å². The molecule has 174 valence electrons. The third kappa shape index (κ3) is 4.81. The number of alkyl halides is 3. The van der Waals surface area contributed by atoms with Gasteiger partial charge in [0.2, 0.25) is 5.82 Å². The van der Waals surface area contributed by atoms with Crippen LogP contribution in [0, 0.1) is 0 Å². The Morgan fingerprint density at radius 2 is 1.57 bits per heavy atom. The van der Waals surface area contributed by atoms with E-state index in [1.807, 2.05) is 48.5 Å². The van der Waals surface area contributed by atoms with Crippen LogP contribution in [-0.2, 0) is 6.18 Å². The van der Waals surface area contributed by atoms with E-state index in [4.69, 9.17) is 0 Å². The monoisotopic (exact) mass is 474 g/mol. The lowest BCUT2D eigenvalue weighted by atomic mass is 9.98. The van der Waals surface area contributed by atoms with E-state index in [0.29, 0.717) is 11.3 Å². The number of hydrogen-bond donors (Lipinski definition) is 3. The molecule has 2 amide bonds. The molecule has 7 nitrogen and oxygen atoms in total. The molecule has 0 saturated carbocycles. The van der Waals surface area contributed by atoms with Gasteiger partial charge in [0.25, 0.3) is 0 Å². The fraction of sp³-hybridized carbons (Fsp3) is 0.0400. The van der Waals surface area contributed by atoms with Crippen LogP contribution in [-0.4, -0.2) is 26.7 Å². The lowest BCUT2D eigenvalue weighted by Gasteiger charge is -2.13. The zero-order valence-corrected chi connectivity index (χ0v) is 18.0. The van der Waals surface area contributed by atoms with Crippen molar-refractivity contribution in [1.29, 1.82) is 0 Å². The van der Waals surface area contributed by atoms with Crippen LogP contribution in [0.2, 0.25) is 0 Å². The molecule has 0 bridgehead atoms. The molecule has 4 aromatic carbocycles. The van der Waals surface area contributed by atoms with Crippen LogP contribution in [0.5, 0.6) is 0 Å². The first-order chi connectivity index (χ1) is 16.9. The molecule has 0 aliphatic rings. The molecule has 35 heavy (non-hydrogen) atoms. The molecule has 0 saturated heterocycles. The molecule has 5 aromatic rings. The maximum atomic E-state index is 13.0. The zero-order valence-electron chi connectivity index (χ0n) is 18.0. The van der Waals surface area contributed by atoms with E-state index in [1.54, 1.807) is 6.07 Å². The van der Waals surface area contributed by atoms with Gasteiger partial charge in [-0.3, -0.25) is 0 Å². The van der Waals surface area contributed by atoms with Crippen LogP contribution in [0.15, 0.2) is 84.9 Å². The summed E-state index contributed by atoms with van der Waals surface area (Å²) in [6.07, 6.45) is -4.52. The number of H-pyrrole nitrogens is 1. The number of urea groups is 1. The second-order valence-electron chi connectivity index (χ2n) is 7.72. The minimum atomic E-state index is -4.52. The number of halogens is 3. The second kappa shape index (κ2) is 8.90. The molecule has 1 aromatic heterocycles. The van der Waals surface area contributed by atoms with Gasteiger partial charge in [0, 0.05) is 11.3 Å². The van der Waals surface area contributed by atoms with Crippen molar-refractivity contribution in [1.82, 2.24) is 20.6 Å². The minimum Gasteiger partial charge on any atom is -0.308 e. The Balaban J connectivity index is 1.44. The number of nitrogens with zero attached hydrogens (tertiary/aromatic N) is 3. The van der Waals surface area contributed by atoms with E-state index in [1.165, 1.54) is 12.1 Å². The first-order valence-corrected chi connectivity index (χ1v) is 10.5. The summed E-state index contributed by atoms with van der Waals surface area (Å²) in [5.41, 5.74) is 1.81. The summed E-state index contributed by atoms with van der Waals surface area (Å²) in [7, 11) is 0. The van der Waals surface area contributed by atoms with Crippen molar-refractivity contribution in [3.63, 3.8) is 0 Å². The SMILES string of the molecule is O=C(Nc1cccc(C(F)(F)F)c1)Nc1ccc(-c2ccc3ccccc3c2)cc1-c1nn[nH]n1. The summed E-state index contributed by atoms with van der Waals surface area (Å²) in [6.45, 7) is 0. The van der Waals surface area contributed by atoms with E-state index in [9.17, 15) is 18.0 Å². The average molecular weight is 474 g/mol. The summed E-state index contributed by atoms with van der Waals surface area (Å²) in [6, 6.07) is 23.1. The highest BCUT2D eigenvalue weighted by molar-refractivity contribution is 6.02. The first-order valence-electron chi connectivity index (χ1n) is 10.5. The maximum Gasteiger partial charge on any atom is 0.416 e. The number of rotatable bonds is 4. The summed E-state index contributed by atoms with van der Waals surface area (Å²) in [5.74, 6) is 0.252. The molecular formula is C25H17F3N6O. The van der Waals surface area contributed by atoms with Gasteiger partial charge in [0.1, 0.15) is 0 Å². The van der Waals surface area contributed by atoms with Gasteiger partial charge in [-0.1, -0.05) is 48.5 Å². The molecule has 0 unspecified atom stereocenters. The number of amides is 2. The quantitative estimate of drug-likeness (QED) is 0.283. The van der Waals surface area contributed by atoms with Gasteiger partial charge in [-0.05, 0) is 63.5 Å². The number of aromatic amines is 1. The lowest BCUT2D eigenvalue weighted by molar-refractivity contribution is -0.137. The fourth-order valence-electron chi connectivity index (χ4n) is 3.72. The molecule has 0 atom stereocenters. The predicted molar refractivity (Wildman–Crippen MR) is 127 cm³/mol. The standard InChI is InChI=1S/C25H17F3N6O/c26-25(27,28)19-6-3-7-20(14-19)29-24(35)30-22-11-10-18(13-21(22)23-31-33-34-32-23)17-9-8-15-4-1-2-5-16(15)12-17/h1-14H,(H2,29,30,35)(H,31,32,33,34). The van der Waals surface area contributed by atoms with Gasteiger partial charge in [0.15, 0.2) is 0 Å². The predicted octanol–water partition coefficient (Wildman–Crippen LogP) is 6.35. The number of hydrogen-bond acceptors (Lipinski definition) is 4. The van der Waals surface area contributed by atoms with Crippen LogP contribution < -0.4 is 10.6 Å². The molecule has 0 radical (unpaired) electrons. The van der Waals surface area contributed by atoms with E-state index in [-0.39, 0.29) is 11.5 Å². The Hall–Kier alpha value is -4.73. The molecule has 0 fully saturated rings. The van der Waals surface area contributed by atoms with Crippen LogP contribution in [0.1, 0.15) is 5.56 Å². The molecule has 0 aliphatic carbocycles. The van der Waals surface area contributed by atoms with E-state index >= 15 is 0 Å². The summed E-state index contributed by atoms with van der Waals surface area (Å²) >= 11 is 0. The highest BCUT2D eigenvalue weighted by Crippen LogP contribution is 2.33. The topological polar surface area (TPSA) is 95.6 Å². The number of anilines is 2. The third-order valence-electron chi connectivity index (χ3n) is 5.38. The third-order valence-corrected chi connectivity index (χ3v) is 5.38. The van der Waals surface area contributed by atoms with E-state index in [0.717, 1.165) is 34.0 Å². The lowest BCUT2D eigenvalue weighted by Crippen LogP contribution is -2.20. The summed E-state index contributed by atoms with van der Waals surface area (Å²) in [5, 5.41) is 21.3. The highest BCUT2D eigenvalue weighted by Gasteiger charge is 2.30. The zero-order chi connectivity index (χ0) is 24.4. The van der Waals surface area contributed by atoms with E-state index in [2.05, 4.69) is 37.3 Å². The fourth-order valence-corrected chi connectivity index (χ4v) is 3.72. The minimum absolute atomic E-state index is 0.00576. The molecule has 3 N–H and O–H groups in total. The number of fused-ring (bicyclic) bond motifs is 1. The first kappa shape index (κ1) is 22.1. The van der Waals surface area contributed by atoms with Gasteiger partial charge in [-0.2, -0.15) is 18.4 Å². The van der Waals surface area contributed by atoms with Gasteiger partial charge in [-0.15, -0.1) is 10.2 Å². The highest BCUT2D eigenvalue weighted by atomic mass is 19.4. The molecule has 0 spiro atoms. The second-order valence-corrected chi connectivity index (χ2v) is 7.72. The van der Waals surface area contributed by atoms with Crippen LogP contribution in [0.4, 0.5) is 29.3 Å². The van der Waals surface area contributed by atoms with Gasteiger partial charge < -0.3 is 10.6 Å². The average Bonchev–Trinajstić information content (AvgIpc) is 3.38. The number of carbonyl (C=O) groups excluding carboxylic acids is 1. The van der Waals surface area contributed by atoms with Crippen molar-refractivity contribution in [3.05, 3.63) is 90.5 Å². The number of nitrogens with one attached hydrogen (secondary N) is 3. The van der Waals surface area contributed by atoms with Crippen molar-refractivity contribution >= 4 is 28.2 Å². The Kier molecular flexibility index (Phi) is 5.61. The Bertz CT molecular complexity index is 1520. The number of benzene rings is 4. The van der Waals surface area contributed by atoms with Crippen molar-refractivity contribution in [2.75, 3.05) is 10.6 Å². The molecule has 5 rings (SSSR count). The molecule has 1 heterocycles. The van der Waals surface area contributed by atoms with Crippen molar-refractivity contribution in [2.24, 2.45) is 0 Å². The van der Waals surface area contributed by atoms with E-state index < -0.39 is 17.8 Å². The van der Waals surface area contributed by atoms with Crippen LogP contribution in [0.3, 0.4) is 0 Å². The van der Waals surface area contributed by atoms with Gasteiger partial charge >= 0.3 is 12.2 Å². The summed E-state index contributed by atoms with van der Waals surface area (Å²) < 4.78 is 38.9. The molecule has 0 aliphatic heterocycles. The largest absolute Gasteiger partial charge is 0.416 e. The number of tetrazole rings is 1. The normalized spacial score (nSPS) is 11.4. The smallest absolute Gasteiger partial charge is 0.308 e. The maximum absolute atomic E-state index is 13.0. The van der Waals surface area contributed by atoms with Gasteiger partial charge in [-0.25, -0.2) is 4.79 Å². The summed E-state index contributed by atoms with van der Waals surface area (Å²) in [4.78, 5) is 12.6. The molecule has 10 heteroatoms. The van der Waals surface area contributed by atoms with Crippen molar-refractivity contribution in [3.8, 4) is 22.5 Å². The van der Waals surface area contributed by atoms with Crippen LogP contribution in [0.25, 0.3) is 33.3 Å². The number of carbonyl (C=O) groups is 1. The Morgan fingerprint density at radius 1 is 0.800 bits per heavy atom. The van der Waals surface area contributed by atoms with Crippen molar-refractivity contribution < 1.29 is 18.0 Å². The van der Waals surface area contributed by atoms with Crippen LogP contribution >= 0.6 is 0 Å².